The third kappa shape index (κ3) is 1.85. The molecular formula is C20H16O. The Hall–Kier alpha value is -2.54. The minimum absolute atomic E-state index is 0.901. The Morgan fingerprint density at radius 2 is 1.38 bits per heavy atom. The summed E-state index contributed by atoms with van der Waals surface area (Å²) >= 11 is 0. The molecule has 0 saturated carbocycles. The molecule has 0 spiro atoms. The summed E-state index contributed by atoms with van der Waals surface area (Å²) in [5, 5.41) is 7.72. The Bertz CT molecular complexity index is 983. The Kier molecular flexibility index (Phi) is 2.61. The van der Waals surface area contributed by atoms with Crippen molar-refractivity contribution in [3.05, 3.63) is 66.2 Å². The zero-order valence-electron chi connectivity index (χ0n) is 12.2. The van der Waals surface area contributed by atoms with Crippen molar-refractivity contribution in [1.82, 2.24) is 0 Å². The van der Waals surface area contributed by atoms with Crippen LogP contribution in [0.3, 0.4) is 0 Å². The van der Waals surface area contributed by atoms with Gasteiger partial charge in [0.2, 0.25) is 0 Å². The predicted octanol–water partition coefficient (Wildman–Crippen LogP) is 5.46. The van der Waals surface area contributed by atoms with Crippen molar-refractivity contribution < 1.29 is 4.74 Å². The molecule has 0 aliphatic carbocycles. The van der Waals surface area contributed by atoms with E-state index in [0.29, 0.717) is 0 Å². The molecule has 0 atom stereocenters. The lowest BCUT2D eigenvalue weighted by Crippen LogP contribution is -1.85. The average molecular weight is 272 g/mol. The number of hydrogen-bond acceptors (Lipinski definition) is 1. The molecule has 0 fully saturated rings. The van der Waals surface area contributed by atoms with E-state index in [1.807, 2.05) is 6.07 Å². The van der Waals surface area contributed by atoms with Crippen LogP contribution in [0, 0.1) is 6.92 Å². The van der Waals surface area contributed by atoms with Crippen molar-refractivity contribution in [3.63, 3.8) is 0 Å². The van der Waals surface area contributed by atoms with E-state index >= 15 is 0 Å². The fourth-order valence-corrected chi connectivity index (χ4v) is 3.10. The smallest absolute Gasteiger partial charge is 0.119 e. The van der Waals surface area contributed by atoms with Crippen LogP contribution in [0.15, 0.2) is 60.7 Å². The minimum Gasteiger partial charge on any atom is -0.497 e. The highest BCUT2D eigenvalue weighted by Crippen LogP contribution is 2.34. The van der Waals surface area contributed by atoms with Crippen LogP contribution in [0.5, 0.6) is 5.75 Å². The van der Waals surface area contributed by atoms with Crippen LogP contribution in [0.2, 0.25) is 0 Å². The largest absolute Gasteiger partial charge is 0.497 e. The van der Waals surface area contributed by atoms with E-state index in [1.54, 1.807) is 7.11 Å². The lowest BCUT2D eigenvalue weighted by Gasteiger charge is -2.10. The van der Waals surface area contributed by atoms with E-state index in [0.717, 1.165) is 5.75 Å². The maximum Gasteiger partial charge on any atom is 0.119 e. The van der Waals surface area contributed by atoms with Crippen LogP contribution in [-0.2, 0) is 0 Å². The van der Waals surface area contributed by atoms with Crippen LogP contribution in [0.25, 0.3) is 32.3 Å². The third-order valence-corrected chi connectivity index (χ3v) is 4.18. The lowest BCUT2D eigenvalue weighted by atomic mass is 9.95. The highest BCUT2D eigenvalue weighted by atomic mass is 16.5. The first-order valence-electron chi connectivity index (χ1n) is 7.16. The number of rotatable bonds is 1. The molecule has 0 saturated heterocycles. The van der Waals surface area contributed by atoms with Crippen molar-refractivity contribution in [2.75, 3.05) is 7.11 Å². The number of methoxy groups -OCH3 is 1. The van der Waals surface area contributed by atoms with Crippen LogP contribution in [0.1, 0.15) is 5.56 Å². The van der Waals surface area contributed by atoms with E-state index in [9.17, 15) is 0 Å². The second kappa shape index (κ2) is 4.49. The van der Waals surface area contributed by atoms with Gasteiger partial charge in [-0.25, -0.2) is 0 Å². The molecule has 102 valence electrons. The number of benzene rings is 4. The van der Waals surface area contributed by atoms with Crippen molar-refractivity contribution in [3.8, 4) is 5.75 Å². The van der Waals surface area contributed by atoms with Gasteiger partial charge in [0.1, 0.15) is 5.75 Å². The van der Waals surface area contributed by atoms with E-state index in [2.05, 4.69) is 61.5 Å². The fourth-order valence-electron chi connectivity index (χ4n) is 3.10. The summed E-state index contributed by atoms with van der Waals surface area (Å²) in [6.45, 7) is 2.15. The van der Waals surface area contributed by atoms with Crippen LogP contribution in [-0.4, -0.2) is 7.11 Å². The second-order valence-electron chi connectivity index (χ2n) is 5.54. The summed E-state index contributed by atoms with van der Waals surface area (Å²) in [7, 11) is 1.71. The quantitative estimate of drug-likeness (QED) is 0.418. The van der Waals surface area contributed by atoms with Gasteiger partial charge < -0.3 is 4.74 Å². The maximum atomic E-state index is 5.34. The molecule has 0 aliphatic rings. The molecule has 0 amide bonds. The first kappa shape index (κ1) is 12.2. The number of aryl methyl sites for hydroxylation is 1. The molecule has 0 heterocycles. The normalized spacial score (nSPS) is 11.3. The molecule has 0 aliphatic heterocycles. The Labute approximate surface area is 123 Å². The van der Waals surface area contributed by atoms with Gasteiger partial charge in [-0.3, -0.25) is 0 Å². The van der Waals surface area contributed by atoms with E-state index < -0.39 is 0 Å². The highest BCUT2D eigenvalue weighted by Gasteiger charge is 2.06. The molecule has 4 rings (SSSR count). The molecular weight excluding hydrogens is 256 g/mol. The van der Waals surface area contributed by atoms with Crippen LogP contribution < -0.4 is 4.74 Å². The topological polar surface area (TPSA) is 9.23 Å². The Morgan fingerprint density at radius 3 is 2.19 bits per heavy atom. The summed E-state index contributed by atoms with van der Waals surface area (Å²) in [4.78, 5) is 0. The lowest BCUT2D eigenvalue weighted by molar-refractivity contribution is 0.415. The molecule has 0 aromatic heterocycles. The second-order valence-corrected chi connectivity index (χ2v) is 5.54. The SMILES string of the molecule is COc1ccc2c(ccc3ccc4ccc(C)cc4c32)c1. The molecule has 0 N–H and O–H groups in total. The number of hydrogen-bond donors (Lipinski definition) is 0. The molecule has 0 radical (unpaired) electrons. The van der Waals surface area contributed by atoms with Crippen LogP contribution >= 0.6 is 0 Å². The molecule has 0 unspecified atom stereocenters. The first-order chi connectivity index (χ1) is 10.3. The van der Waals surface area contributed by atoms with Crippen molar-refractivity contribution in [1.29, 1.82) is 0 Å². The molecule has 1 heteroatoms. The number of ether oxygens (including phenoxy) is 1. The Balaban J connectivity index is 2.24. The summed E-state index contributed by atoms with van der Waals surface area (Å²) in [6.07, 6.45) is 0. The van der Waals surface area contributed by atoms with Gasteiger partial charge in [-0.2, -0.15) is 0 Å². The minimum atomic E-state index is 0.901. The monoisotopic (exact) mass is 272 g/mol. The molecule has 4 aromatic rings. The van der Waals surface area contributed by atoms with Gasteiger partial charge in [0, 0.05) is 0 Å². The summed E-state index contributed by atoms with van der Waals surface area (Å²) in [5.41, 5.74) is 1.29. The number of fused-ring (bicyclic) bond motifs is 5. The molecule has 21 heavy (non-hydrogen) atoms. The summed E-state index contributed by atoms with van der Waals surface area (Å²) < 4.78 is 5.34. The van der Waals surface area contributed by atoms with Gasteiger partial charge in [0.05, 0.1) is 7.11 Å². The summed E-state index contributed by atoms with van der Waals surface area (Å²) in [6, 6.07) is 21.7. The van der Waals surface area contributed by atoms with Gasteiger partial charge in [-0.1, -0.05) is 54.1 Å². The van der Waals surface area contributed by atoms with Gasteiger partial charge in [0.25, 0.3) is 0 Å². The van der Waals surface area contributed by atoms with Crippen molar-refractivity contribution in [2.24, 2.45) is 0 Å². The van der Waals surface area contributed by atoms with E-state index in [-0.39, 0.29) is 0 Å². The summed E-state index contributed by atoms with van der Waals surface area (Å²) in [5.74, 6) is 0.901. The fraction of sp³-hybridized carbons (Fsp3) is 0.100. The van der Waals surface area contributed by atoms with Gasteiger partial charge in [-0.05, 0) is 51.4 Å². The average Bonchev–Trinajstić information content (AvgIpc) is 2.53. The van der Waals surface area contributed by atoms with Crippen molar-refractivity contribution in [2.45, 2.75) is 6.92 Å². The molecule has 4 aromatic carbocycles. The maximum absolute atomic E-state index is 5.34. The first-order valence-corrected chi connectivity index (χ1v) is 7.16. The van der Waals surface area contributed by atoms with Crippen molar-refractivity contribution >= 4 is 32.3 Å². The van der Waals surface area contributed by atoms with Gasteiger partial charge in [0.15, 0.2) is 0 Å². The van der Waals surface area contributed by atoms with E-state index in [4.69, 9.17) is 4.74 Å². The predicted molar refractivity (Wildman–Crippen MR) is 90.2 cm³/mol. The standard InChI is InChI=1S/C20H16O/c1-13-3-4-14-5-6-15-7-8-16-12-17(21-2)9-10-18(16)20(15)19(14)11-13/h3-12H,1-2H3. The van der Waals surface area contributed by atoms with Gasteiger partial charge in [-0.15, -0.1) is 0 Å². The van der Waals surface area contributed by atoms with Gasteiger partial charge >= 0.3 is 0 Å². The zero-order chi connectivity index (χ0) is 14.4. The Morgan fingerprint density at radius 1 is 0.667 bits per heavy atom. The highest BCUT2D eigenvalue weighted by molar-refractivity contribution is 6.20. The third-order valence-electron chi connectivity index (χ3n) is 4.18. The molecule has 0 bridgehead atoms. The van der Waals surface area contributed by atoms with Crippen LogP contribution in [0.4, 0.5) is 0 Å². The molecule has 1 nitrogen and oxygen atoms in total. The zero-order valence-corrected chi connectivity index (χ0v) is 12.2. The van der Waals surface area contributed by atoms with E-state index in [1.165, 1.54) is 37.9 Å².